The van der Waals surface area contributed by atoms with Gasteiger partial charge in [0, 0.05) is 18.3 Å². The monoisotopic (exact) mass is 286 g/mol. The highest BCUT2D eigenvalue weighted by atomic mass is 16.4. The minimum absolute atomic E-state index is 0.151. The number of carboxylic acid groups (broad SMARTS) is 1. The fourth-order valence-corrected chi connectivity index (χ4v) is 2.31. The number of benzene rings is 1. The summed E-state index contributed by atoms with van der Waals surface area (Å²) >= 11 is 0. The van der Waals surface area contributed by atoms with Crippen molar-refractivity contribution in [3.8, 4) is 0 Å². The van der Waals surface area contributed by atoms with Gasteiger partial charge in [-0.25, -0.2) is 9.59 Å². The van der Waals surface area contributed by atoms with Crippen molar-refractivity contribution in [1.29, 1.82) is 0 Å². The quantitative estimate of drug-likeness (QED) is 0.754. The molecular formula is C14H14N4O3. The van der Waals surface area contributed by atoms with E-state index in [4.69, 9.17) is 5.11 Å². The molecule has 21 heavy (non-hydrogen) atoms. The third kappa shape index (κ3) is 2.12. The van der Waals surface area contributed by atoms with E-state index in [2.05, 4.69) is 10.1 Å². The number of hydrogen-bond acceptors (Lipinski definition) is 3. The van der Waals surface area contributed by atoms with E-state index in [9.17, 15) is 9.59 Å². The number of imidazole rings is 1. The fraction of sp³-hybridized carbons (Fsp3) is 0.214. The highest BCUT2D eigenvalue weighted by Gasteiger charge is 2.12. The molecule has 3 rings (SSSR count). The van der Waals surface area contributed by atoms with Crippen molar-refractivity contribution in [3.63, 3.8) is 0 Å². The molecular weight excluding hydrogens is 272 g/mol. The zero-order valence-corrected chi connectivity index (χ0v) is 11.6. The van der Waals surface area contributed by atoms with Gasteiger partial charge in [-0.3, -0.25) is 9.25 Å². The van der Waals surface area contributed by atoms with Crippen molar-refractivity contribution < 1.29 is 9.90 Å². The van der Waals surface area contributed by atoms with E-state index in [-0.39, 0.29) is 11.3 Å². The number of aromatic nitrogens is 4. The molecule has 0 fully saturated rings. The number of aromatic carboxylic acids is 1. The van der Waals surface area contributed by atoms with Gasteiger partial charge in [-0.1, -0.05) is 0 Å². The van der Waals surface area contributed by atoms with Crippen molar-refractivity contribution >= 4 is 17.0 Å². The second-order valence-electron chi connectivity index (χ2n) is 4.93. The Balaban J connectivity index is 2.15. The third-order valence-corrected chi connectivity index (χ3v) is 3.69. The Morgan fingerprint density at radius 2 is 2.19 bits per heavy atom. The van der Waals surface area contributed by atoms with Crippen LogP contribution in [0.3, 0.4) is 0 Å². The van der Waals surface area contributed by atoms with Crippen LogP contribution in [0.15, 0.2) is 29.2 Å². The lowest BCUT2D eigenvalue weighted by Gasteiger charge is -2.04. The predicted octanol–water partition coefficient (Wildman–Crippen LogP) is 1.12. The van der Waals surface area contributed by atoms with Crippen LogP contribution in [0.5, 0.6) is 0 Å². The smallest absolute Gasteiger partial charge is 0.335 e. The molecule has 2 heterocycles. The maximum absolute atomic E-state index is 12.1. The number of nitrogens with zero attached hydrogens (tertiary/aromatic N) is 3. The zero-order chi connectivity index (χ0) is 15.1. The van der Waals surface area contributed by atoms with Gasteiger partial charge in [0.15, 0.2) is 0 Å². The Labute approximate surface area is 119 Å². The molecule has 7 nitrogen and oxygen atoms in total. The molecule has 0 bridgehead atoms. The highest BCUT2D eigenvalue weighted by Crippen LogP contribution is 2.15. The molecule has 0 radical (unpaired) electrons. The number of carboxylic acids is 1. The lowest BCUT2D eigenvalue weighted by molar-refractivity contribution is 0.0697. The SMILES string of the molecule is Cc1c(Cn2c(=O)[nH]c3ccc(C(=O)O)cc32)cnn1C. The minimum Gasteiger partial charge on any atom is -0.478 e. The summed E-state index contributed by atoms with van der Waals surface area (Å²) in [5.74, 6) is -1.02. The van der Waals surface area contributed by atoms with E-state index in [0.717, 1.165) is 11.3 Å². The molecule has 108 valence electrons. The van der Waals surface area contributed by atoms with Crippen LogP contribution in [0, 0.1) is 6.92 Å². The van der Waals surface area contributed by atoms with Crippen LogP contribution in [-0.4, -0.2) is 30.4 Å². The van der Waals surface area contributed by atoms with Gasteiger partial charge in [0.05, 0.1) is 29.3 Å². The van der Waals surface area contributed by atoms with Gasteiger partial charge >= 0.3 is 11.7 Å². The molecule has 0 atom stereocenters. The topological polar surface area (TPSA) is 92.9 Å². The Morgan fingerprint density at radius 3 is 2.81 bits per heavy atom. The number of aryl methyl sites for hydroxylation is 1. The molecule has 0 aliphatic carbocycles. The Bertz CT molecular complexity index is 901. The van der Waals surface area contributed by atoms with Gasteiger partial charge in [0.2, 0.25) is 0 Å². The number of aromatic amines is 1. The summed E-state index contributed by atoms with van der Waals surface area (Å²) in [4.78, 5) is 25.9. The van der Waals surface area contributed by atoms with Gasteiger partial charge in [0.1, 0.15) is 0 Å². The molecule has 0 unspecified atom stereocenters. The first kappa shape index (κ1) is 13.2. The van der Waals surface area contributed by atoms with E-state index < -0.39 is 5.97 Å². The van der Waals surface area contributed by atoms with Gasteiger partial charge in [-0.2, -0.15) is 5.10 Å². The third-order valence-electron chi connectivity index (χ3n) is 3.69. The Morgan fingerprint density at radius 1 is 1.43 bits per heavy atom. The number of nitrogens with one attached hydrogen (secondary N) is 1. The molecule has 2 N–H and O–H groups in total. The van der Waals surface area contributed by atoms with Crippen LogP contribution in [-0.2, 0) is 13.6 Å². The van der Waals surface area contributed by atoms with Crippen molar-refractivity contribution in [2.24, 2.45) is 7.05 Å². The van der Waals surface area contributed by atoms with Crippen molar-refractivity contribution in [2.45, 2.75) is 13.5 Å². The summed E-state index contributed by atoms with van der Waals surface area (Å²) in [7, 11) is 1.83. The van der Waals surface area contributed by atoms with Gasteiger partial charge in [0.25, 0.3) is 0 Å². The van der Waals surface area contributed by atoms with Crippen molar-refractivity contribution in [3.05, 3.63) is 51.7 Å². The molecule has 0 saturated carbocycles. The van der Waals surface area contributed by atoms with E-state index in [1.54, 1.807) is 16.9 Å². The Kier molecular flexibility index (Phi) is 2.90. The van der Waals surface area contributed by atoms with Crippen molar-refractivity contribution in [1.82, 2.24) is 19.3 Å². The number of carbonyl (C=O) groups is 1. The van der Waals surface area contributed by atoms with Crippen LogP contribution >= 0.6 is 0 Å². The molecule has 0 amide bonds. The minimum atomic E-state index is -1.02. The van der Waals surface area contributed by atoms with E-state index in [1.165, 1.54) is 16.7 Å². The fourth-order valence-electron chi connectivity index (χ4n) is 2.31. The maximum atomic E-state index is 12.1. The molecule has 7 heteroatoms. The lowest BCUT2D eigenvalue weighted by Crippen LogP contribution is -2.17. The first-order valence-electron chi connectivity index (χ1n) is 6.40. The molecule has 0 aliphatic rings. The average molecular weight is 286 g/mol. The maximum Gasteiger partial charge on any atom is 0.335 e. The molecule has 3 aromatic rings. The van der Waals surface area contributed by atoms with E-state index in [0.29, 0.717) is 17.6 Å². The molecule has 0 aliphatic heterocycles. The number of fused-ring (bicyclic) bond motifs is 1. The summed E-state index contributed by atoms with van der Waals surface area (Å²) in [6, 6.07) is 4.58. The zero-order valence-electron chi connectivity index (χ0n) is 11.6. The first-order chi connectivity index (χ1) is 9.97. The second-order valence-corrected chi connectivity index (χ2v) is 4.93. The largest absolute Gasteiger partial charge is 0.478 e. The van der Waals surface area contributed by atoms with Gasteiger partial charge < -0.3 is 10.1 Å². The molecule has 0 spiro atoms. The van der Waals surface area contributed by atoms with Crippen LogP contribution < -0.4 is 5.69 Å². The number of hydrogen-bond donors (Lipinski definition) is 2. The average Bonchev–Trinajstić information content (AvgIpc) is 2.93. The van der Waals surface area contributed by atoms with Gasteiger partial charge in [-0.15, -0.1) is 0 Å². The summed E-state index contributed by atoms with van der Waals surface area (Å²) in [5.41, 5.74) is 2.95. The van der Waals surface area contributed by atoms with Crippen LogP contribution in [0.4, 0.5) is 0 Å². The molecule has 0 saturated heterocycles. The summed E-state index contributed by atoms with van der Waals surface area (Å²) in [6.07, 6.45) is 1.71. The summed E-state index contributed by atoms with van der Waals surface area (Å²) < 4.78 is 3.25. The normalized spacial score (nSPS) is 11.1. The van der Waals surface area contributed by atoms with Crippen LogP contribution in [0.2, 0.25) is 0 Å². The lowest BCUT2D eigenvalue weighted by atomic mass is 10.2. The van der Waals surface area contributed by atoms with Crippen LogP contribution in [0.1, 0.15) is 21.6 Å². The Hall–Kier alpha value is -2.83. The van der Waals surface area contributed by atoms with Gasteiger partial charge in [-0.05, 0) is 25.1 Å². The summed E-state index contributed by atoms with van der Waals surface area (Å²) in [6.45, 7) is 2.27. The number of rotatable bonds is 3. The molecule has 1 aromatic carbocycles. The highest BCUT2D eigenvalue weighted by molar-refractivity contribution is 5.92. The van der Waals surface area contributed by atoms with Crippen molar-refractivity contribution in [2.75, 3.05) is 0 Å². The van der Waals surface area contributed by atoms with E-state index >= 15 is 0 Å². The first-order valence-corrected chi connectivity index (χ1v) is 6.40. The second kappa shape index (κ2) is 4.62. The predicted molar refractivity (Wildman–Crippen MR) is 76.6 cm³/mol. The van der Waals surface area contributed by atoms with E-state index in [1.807, 2.05) is 14.0 Å². The van der Waals surface area contributed by atoms with Crippen LogP contribution in [0.25, 0.3) is 11.0 Å². The summed E-state index contributed by atoms with van der Waals surface area (Å²) in [5, 5.41) is 13.2. The number of H-pyrrole nitrogens is 1. The standard InChI is InChI=1S/C14H14N4O3/c1-8-10(6-15-17(8)2)7-18-12-5-9(13(19)20)3-4-11(12)16-14(18)21/h3-6H,7H2,1-2H3,(H,16,21)(H,19,20). The molecule has 2 aromatic heterocycles.